The van der Waals surface area contributed by atoms with Gasteiger partial charge in [0.2, 0.25) is 0 Å². The van der Waals surface area contributed by atoms with Crippen LogP contribution in [0.15, 0.2) is 156 Å². The zero-order chi connectivity index (χ0) is 30.4. The van der Waals surface area contributed by atoms with Crippen LogP contribution in [0.4, 0.5) is 0 Å². The molecule has 10 aromatic rings. The summed E-state index contributed by atoms with van der Waals surface area (Å²) in [7, 11) is 0. The van der Waals surface area contributed by atoms with Crippen LogP contribution in [0.2, 0.25) is 0 Å². The molecule has 3 nitrogen and oxygen atoms in total. The second kappa shape index (κ2) is 9.47. The largest absolute Gasteiger partial charge is 0.454 e. The first kappa shape index (κ1) is 25.3. The van der Waals surface area contributed by atoms with Crippen molar-refractivity contribution in [1.29, 1.82) is 0 Å². The van der Waals surface area contributed by atoms with E-state index in [4.69, 9.17) is 4.42 Å². The van der Waals surface area contributed by atoms with E-state index < -0.39 is 0 Å². The Morgan fingerprint density at radius 1 is 0.413 bits per heavy atom. The summed E-state index contributed by atoms with van der Waals surface area (Å²) in [6.07, 6.45) is 0. The Morgan fingerprint density at radius 2 is 1.02 bits per heavy atom. The Hall–Kier alpha value is -6.06. The van der Waals surface area contributed by atoms with Gasteiger partial charge in [-0.25, -0.2) is 0 Å². The Morgan fingerprint density at radius 3 is 1.85 bits per heavy atom. The van der Waals surface area contributed by atoms with Crippen molar-refractivity contribution in [2.24, 2.45) is 0 Å². The van der Waals surface area contributed by atoms with E-state index in [0.717, 1.165) is 33.1 Å². The zero-order valence-corrected chi connectivity index (χ0v) is 25.2. The van der Waals surface area contributed by atoms with Crippen LogP contribution in [-0.4, -0.2) is 9.13 Å². The van der Waals surface area contributed by atoms with E-state index in [1.807, 2.05) is 6.07 Å². The fraction of sp³-hybridized carbons (Fsp3) is 0.0233. The van der Waals surface area contributed by atoms with E-state index in [2.05, 4.69) is 162 Å². The highest BCUT2D eigenvalue weighted by Crippen LogP contribution is 2.40. The lowest BCUT2D eigenvalue weighted by Crippen LogP contribution is -1.94. The van der Waals surface area contributed by atoms with E-state index in [0.29, 0.717) is 0 Å². The van der Waals surface area contributed by atoms with Crippen LogP contribution < -0.4 is 0 Å². The molecule has 0 saturated carbocycles. The molecule has 0 saturated heterocycles. The lowest BCUT2D eigenvalue weighted by atomic mass is 10.0. The van der Waals surface area contributed by atoms with E-state index in [1.165, 1.54) is 60.5 Å². The van der Waals surface area contributed by atoms with Gasteiger partial charge in [0.05, 0.1) is 27.8 Å². The van der Waals surface area contributed by atoms with Gasteiger partial charge >= 0.3 is 0 Å². The number of fused-ring (bicyclic) bond motifs is 9. The Balaban J connectivity index is 1.22. The second-order valence-electron chi connectivity index (χ2n) is 12.3. The number of aryl methyl sites for hydroxylation is 1. The monoisotopic (exact) mass is 588 g/mol. The summed E-state index contributed by atoms with van der Waals surface area (Å²) in [5.74, 6) is 0. The van der Waals surface area contributed by atoms with Crippen molar-refractivity contribution in [3.05, 3.63) is 157 Å². The predicted molar refractivity (Wildman–Crippen MR) is 193 cm³/mol. The van der Waals surface area contributed by atoms with Gasteiger partial charge in [0.1, 0.15) is 5.58 Å². The first-order valence-corrected chi connectivity index (χ1v) is 15.8. The van der Waals surface area contributed by atoms with Gasteiger partial charge in [-0.15, -0.1) is 0 Å². The molecule has 0 fully saturated rings. The van der Waals surface area contributed by atoms with Gasteiger partial charge in [-0.05, 0) is 72.6 Å². The van der Waals surface area contributed by atoms with E-state index in [9.17, 15) is 0 Å². The minimum Gasteiger partial charge on any atom is -0.454 e. The van der Waals surface area contributed by atoms with Crippen LogP contribution in [0.5, 0.6) is 0 Å². The van der Waals surface area contributed by atoms with Crippen molar-refractivity contribution in [2.45, 2.75) is 6.92 Å². The third-order valence-electron chi connectivity index (χ3n) is 9.60. The molecule has 0 radical (unpaired) electrons. The number of benzene rings is 7. The number of furan rings is 1. The molecule has 3 aromatic heterocycles. The normalized spacial score (nSPS) is 12.0. The van der Waals surface area contributed by atoms with Gasteiger partial charge in [0, 0.05) is 38.0 Å². The maximum Gasteiger partial charge on any atom is 0.159 e. The topological polar surface area (TPSA) is 23.0 Å². The molecule has 0 atom stereocenters. The summed E-state index contributed by atoms with van der Waals surface area (Å²) in [4.78, 5) is 0. The first-order chi connectivity index (χ1) is 22.7. The number of para-hydroxylation sites is 4. The van der Waals surface area contributed by atoms with Crippen LogP contribution in [0, 0.1) is 6.92 Å². The summed E-state index contributed by atoms with van der Waals surface area (Å²) in [5, 5.41) is 7.23. The highest BCUT2D eigenvalue weighted by molar-refractivity contribution is 6.14. The fourth-order valence-corrected chi connectivity index (χ4v) is 7.44. The third-order valence-corrected chi connectivity index (χ3v) is 9.60. The summed E-state index contributed by atoms with van der Waals surface area (Å²) >= 11 is 0. The maximum absolute atomic E-state index is 6.53. The summed E-state index contributed by atoms with van der Waals surface area (Å²) in [6.45, 7) is 2.13. The van der Waals surface area contributed by atoms with E-state index in [-0.39, 0.29) is 0 Å². The molecule has 0 aliphatic rings. The smallest absolute Gasteiger partial charge is 0.159 e. The quantitative estimate of drug-likeness (QED) is 0.201. The molecule has 0 N–H and O–H groups in total. The molecule has 7 aromatic carbocycles. The number of aromatic nitrogens is 2. The minimum absolute atomic E-state index is 0.905. The molecule has 3 heteroatoms. The summed E-state index contributed by atoms with van der Waals surface area (Å²) < 4.78 is 11.3. The van der Waals surface area contributed by atoms with Gasteiger partial charge in [0.15, 0.2) is 5.58 Å². The van der Waals surface area contributed by atoms with Crippen molar-refractivity contribution in [3.8, 4) is 22.5 Å². The minimum atomic E-state index is 0.905. The van der Waals surface area contributed by atoms with Crippen molar-refractivity contribution >= 4 is 65.6 Å². The van der Waals surface area contributed by atoms with Crippen molar-refractivity contribution < 1.29 is 4.42 Å². The molecule has 46 heavy (non-hydrogen) atoms. The summed E-state index contributed by atoms with van der Waals surface area (Å²) in [6, 6.07) is 54.8. The van der Waals surface area contributed by atoms with Gasteiger partial charge in [-0.2, -0.15) is 0 Å². The number of hydrogen-bond donors (Lipinski definition) is 0. The molecule has 0 unspecified atom stereocenters. The van der Waals surface area contributed by atoms with Crippen molar-refractivity contribution in [2.75, 3.05) is 0 Å². The SMILES string of the molecule is Cc1ccc(-n2c3ccccc3c3cc(-c4ccc5c6ccccc6n(-c6cccc7c6oc6ccccc67)c5c4)ccc32)cc1. The van der Waals surface area contributed by atoms with Gasteiger partial charge in [-0.3, -0.25) is 0 Å². The molecular weight excluding hydrogens is 560 g/mol. The average molecular weight is 589 g/mol. The lowest BCUT2D eigenvalue weighted by Gasteiger charge is -2.10. The molecule has 10 rings (SSSR count). The molecule has 0 aliphatic carbocycles. The van der Waals surface area contributed by atoms with Gasteiger partial charge in [0.25, 0.3) is 0 Å². The fourth-order valence-electron chi connectivity index (χ4n) is 7.44. The molecular formula is C43H28N2O. The van der Waals surface area contributed by atoms with Crippen LogP contribution in [0.3, 0.4) is 0 Å². The molecule has 0 aliphatic heterocycles. The third kappa shape index (κ3) is 3.54. The van der Waals surface area contributed by atoms with Crippen LogP contribution in [0.25, 0.3) is 88.1 Å². The van der Waals surface area contributed by atoms with Crippen LogP contribution >= 0.6 is 0 Å². The molecule has 0 bridgehead atoms. The number of nitrogens with zero attached hydrogens (tertiary/aromatic N) is 2. The van der Waals surface area contributed by atoms with Crippen LogP contribution in [-0.2, 0) is 0 Å². The highest BCUT2D eigenvalue weighted by atomic mass is 16.3. The maximum atomic E-state index is 6.53. The molecule has 216 valence electrons. The molecule has 0 spiro atoms. The van der Waals surface area contributed by atoms with Gasteiger partial charge in [-0.1, -0.05) is 103 Å². The van der Waals surface area contributed by atoms with E-state index >= 15 is 0 Å². The predicted octanol–water partition coefficient (Wildman–Crippen LogP) is 11.8. The molecule has 0 amide bonds. The second-order valence-corrected chi connectivity index (χ2v) is 12.3. The highest BCUT2D eigenvalue weighted by Gasteiger charge is 2.19. The Labute approximate surface area is 265 Å². The van der Waals surface area contributed by atoms with Gasteiger partial charge < -0.3 is 13.6 Å². The van der Waals surface area contributed by atoms with Crippen LogP contribution in [0.1, 0.15) is 5.56 Å². The average Bonchev–Trinajstić information content (AvgIpc) is 3.76. The lowest BCUT2D eigenvalue weighted by molar-refractivity contribution is 0.666. The van der Waals surface area contributed by atoms with E-state index in [1.54, 1.807) is 0 Å². The first-order valence-electron chi connectivity index (χ1n) is 15.8. The molecule has 3 heterocycles. The standard InChI is InChI=1S/C43H28N2O/c1-27-17-21-30(22-18-27)44-37-13-5-3-10-32(37)36-25-28(20-24-39(36)44)29-19-23-33-31-9-2-6-14-38(31)45(41(33)26-29)40-15-8-12-35-34-11-4-7-16-42(34)46-43(35)40/h2-26H,1H3. The number of hydrogen-bond acceptors (Lipinski definition) is 1. The summed E-state index contributed by atoms with van der Waals surface area (Å²) in [5.41, 5.74) is 12.4. The number of rotatable bonds is 3. The Kier molecular flexibility index (Phi) is 5.20. The Bertz CT molecular complexity index is 2810. The van der Waals surface area contributed by atoms with Crippen molar-refractivity contribution in [1.82, 2.24) is 9.13 Å². The zero-order valence-electron chi connectivity index (χ0n) is 25.2. The van der Waals surface area contributed by atoms with Crippen molar-refractivity contribution in [3.63, 3.8) is 0 Å².